The molecule has 7 nitrogen and oxygen atoms in total. The first-order valence-electron chi connectivity index (χ1n) is 12.4. The Bertz CT molecular complexity index is 1320. The molecule has 0 radical (unpaired) electrons. The Labute approximate surface area is 220 Å². The van der Waals surface area contributed by atoms with Gasteiger partial charge in [0, 0.05) is 49.8 Å². The van der Waals surface area contributed by atoms with Crippen LogP contribution in [-0.2, 0) is 11.0 Å². The maximum absolute atomic E-state index is 13.0. The maximum atomic E-state index is 13.0. The third-order valence-corrected chi connectivity index (χ3v) is 6.19. The van der Waals surface area contributed by atoms with Crippen LogP contribution >= 0.6 is 0 Å². The van der Waals surface area contributed by atoms with Crippen LogP contribution in [-0.4, -0.2) is 72.1 Å². The summed E-state index contributed by atoms with van der Waals surface area (Å²) in [4.78, 5) is 23.5. The molecule has 3 aromatic rings. The lowest BCUT2D eigenvalue weighted by Crippen LogP contribution is -2.44. The molecule has 2 heterocycles. The first-order valence-corrected chi connectivity index (χ1v) is 12.4. The third kappa shape index (κ3) is 7.60. The number of anilines is 1. The molecule has 0 atom stereocenters. The van der Waals surface area contributed by atoms with E-state index in [9.17, 15) is 18.0 Å². The third-order valence-electron chi connectivity index (χ3n) is 6.19. The number of hydrogen-bond donors (Lipinski definition) is 2. The number of nitrogens with zero attached hydrogens (tertiary/aromatic N) is 3. The number of alkyl halides is 3. The van der Waals surface area contributed by atoms with Crippen molar-refractivity contribution in [3.63, 3.8) is 0 Å². The number of aromatic nitrogens is 2. The number of halogens is 3. The van der Waals surface area contributed by atoms with E-state index in [4.69, 9.17) is 4.74 Å². The number of H-pyrrole nitrogens is 1. The lowest BCUT2D eigenvalue weighted by molar-refractivity contribution is -0.140. The lowest BCUT2D eigenvalue weighted by Gasteiger charge is -2.32. The number of nitrogens with one attached hydrogen (secondary N) is 2. The standard InChI is InChI=1S/C28H30F3N5O2/c1-20-5-3-6-21(17-20)7-10-26(37)33-23-18-22(27-32-19-25(34-27)28(29,30)31)8-9-24(23)38-16-4-11-36-14-12-35(2)13-15-36/h3,5-6,8-9,17-19H,4,11-16H2,1-2H3,(H,32,34)(H,33,37). The average Bonchev–Trinajstić information content (AvgIpc) is 3.38. The Morgan fingerprint density at radius 2 is 1.95 bits per heavy atom. The van der Waals surface area contributed by atoms with Crippen LogP contribution in [0, 0.1) is 18.8 Å². The molecule has 1 fully saturated rings. The minimum absolute atomic E-state index is 0.0280. The van der Waals surface area contributed by atoms with E-state index in [-0.39, 0.29) is 5.82 Å². The second-order valence-corrected chi connectivity index (χ2v) is 9.27. The normalized spacial score (nSPS) is 14.6. The summed E-state index contributed by atoms with van der Waals surface area (Å²) in [6.45, 7) is 7.33. The largest absolute Gasteiger partial charge is 0.491 e. The summed E-state index contributed by atoms with van der Waals surface area (Å²) in [5.74, 6) is 5.25. The molecular weight excluding hydrogens is 495 g/mol. The number of carbonyl (C=O) groups is 1. The molecule has 2 N–H and O–H groups in total. The van der Waals surface area contributed by atoms with Crippen LogP contribution in [0.15, 0.2) is 48.7 Å². The van der Waals surface area contributed by atoms with Crippen LogP contribution in [0.2, 0.25) is 0 Å². The van der Waals surface area contributed by atoms with Gasteiger partial charge in [0.2, 0.25) is 0 Å². The molecule has 0 saturated carbocycles. The Morgan fingerprint density at radius 3 is 2.66 bits per heavy atom. The number of aromatic amines is 1. The van der Waals surface area contributed by atoms with Crippen molar-refractivity contribution in [2.75, 3.05) is 51.7 Å². The fourth-order valence-corrected chi connectivity index (χ4v) is 4.06. The van der Waals surface area contributed by atoms with Crippen molar-refractivity contribution in [2.24, 2.45) is 0 Å². The summed E-state index contributed by atoms with van der Waals surface area (Å²) in [6, 6.07) is 12.2. The van der Waals surface area contributed by atoms with Crippen molar-refractivity contribution in [2.45, 2.75) is 19.5 Å². The second-order valence-electron chi connectivity index (χ2n) is 9.27. The molecule has 200 valence electrons. The van der Waals surface area contributed by atoms with Gasteiger partial charge in [0.25, 0.3) is 0 Å². The minimum atomic E-state index is -4.54. The number of aryl methyl sites for hydroxylation is 1. The Kier molecular flexibility index (Phi) is 8.71. The summed E-state index contributed by atoms with van der Waals surface area (Å²) >= 11 is 0. The number of benzene rings is 2. The zero-order chi connectivity index (χ0) is 27.1. The molecule has 38 heavy (non-hydrogen) atoms. The van der Waals surface area contributed by atoms with Gasteiger partial charge in [-0.25, -0.2) is 4.98 Å². The number of likely N-dealkylation sites (N-methyl/N-ethyl adjacent to an activating group) is 1. The van der Waals surface area contributed by atoms with E-state index in [1.807, 2.05) is 25.1 Å². The molecule has 1 amide bonds. The fraction of sp³-hybridized carbons (Fsp3) is 0.357. The smallest absolute Gasteiger partial charge is 0.432 e. The van der Waals surface area contributed by atoms with Crippen LogP contribution in [0.5, 0.6) is 5.75 Å². The minimum Gasteiger partial charge on any atom is -0.491 e. The van der Waals surface area contributed by atoms with Gasteiger partial charge in [0.1, 0.15) is 17.3 Å². The average molecular weight is 526 g/mol. The van der Waals surface area contributed by atoms with Gasteiger partial charge in [0.05, 0.1) is 18.5 Å². The molecule has 0 aliphatic carbocycles. The van der Waals surface area contributed by atoms with Crippen LogP contribution < -0.4 is 10.1 Å². The number of hydrogen-bond acceptors (Lipinski definition) is 5. The molecule has 1 saturated heterocycles. The Balaban J connectivity index is 1.48. The molecular formula is C28H30F3N5O2. The SMILES string of the molecule is Cc1cccc(C#CC(=O)Nc2cc(-c3ncc(C(F)(F)F)[nH]3)ccc2OCCCN2CCN(C)CC2)c1. The molecule has 0 bridgehead atoms. The lowest BCUT2D eigenvalue weighted by atomic mass is 10.1. The number of ether oxygens (including phenoxy) is 1. The molecule has 1 aliphatic heterocycles. The van der Waals surface area contributed by atoms with Crippen LogP contribution in [0.1, 0.15) is 23.2 Å². The predicted octanol–water partition coefficient (Wildman–Crippen LogP) is 4.41. The van der Waals surface area contributed by atoms with Crippen LogP contribution in [0.25, 0.3) is 11.4 Å². The molecule has 1 aromatic heterocycles. The molecule has 2 aromatic carbocycles. The van der Waals surface area contributed by atoms with E-state index < -0.39 is 17.8 Å². The van der Waals surface area contributed by atoms with E-state index >= 15 is 0 Å². The van der Waals surface area contributed by atoms with Gasteiger partial charge in [-0.1, -0.05) is 18.1 Å². The van der Waals surface area contributed by atoms with Gasteiger partial charge in [-0.05, 0) is 56.3 Å². The highest BCUT2D eigenvalue weighted by Gasteiger charge is 2.33. The summed E-state index contributed by atoms with van der Waals surface area (Å²) in [5.41, 5.74) is 1.44. The first-order chi connectivity index (χ1) is 18.2. The zero-order valence-electron chi connectivity index (χ0n) is 21.4. The van der Waals surface area contributed by atoms with Crippen molar-refractivity contribution in [3.8, 4) is 29.0 Å². The maximum Gasteiger partial charge on any atom is 0.432 e. The molecule has 10 heteroatoms. The Hall–Kier alpha value is -3.81. The van der Waals surface area contributed by atoms with Crippen molar-refractivity contribution < 1.29 is 22.7 Å². The van der Waals surface area contributed by atoms with E-state index in [0.29, 0.717) is 29.2 Å². The summed E-state index contributed by atoms with van der Waals surface area (Å²) < 4.78 is 45.1. The van der Waals surface area contributed by atoms with Crippen molar-refractivity contribution in [1.29, 1.82) is 0 Å². The highest BCUT2D eigenvalue weighted by Crippen LogP contribution is 2.33. The van der Waals surface area contributed by atoms with Crippen LogP contribution in [0.4, 0.5) is 18.9 Å². The molecule has 1 aliphatic rings. The number of amides is 1. The quantitative estimate of drug-likeness (QED) is 0.353. The van der Waals surface area contributed by atoms with Crippen molar-refractivity contribution in [3.05, 3.63) is 65.5 Å². The van der Waals surface area contributed by atoms with Gasteiger partial charge < -0.3 is 24.8 Å². The van der Waals surface area contributed by atoms with Gasteiger partial charge in [-0.3, -0.25) is 4.79 Å². The molecule has 0 unspecified atom stereocenters. The molecule has 0 spiro atoms. The zero-order valence-corrected chi connectivity index (χ0v) is 21.4. The topological polar surface area (TPSA) is 73.5 Å². The monoisotopic (exact) mass is 525 g/mol. The Morgan fingerprint density at radius 1 is 1.16 bits per heavy atom. The predicted molar refractivity (Wildman–Crippen MR) is 140 cm³/mol. The summed E-state index contributed by atoms with van der Waals surface area (Å²) in [6.07, 6.45) is -3.01. The highest BCUT2D eigenvalue weighted by atomic mass is 19.4. The van der Waals surface area contributed by atoms with E-state index in [1.54, 1.807) is 18.2 Å². The highest BCUT2D eigenvalue weighted by molar-refractivity contribution is 6.05. The van der Waals surface area contributed by atoms with E-state index in [2.05, 4.69) is 44.0 Å². The summed E-state index contributed by atoms with van der Waals surface area (Å²) in [5, 5.41) is 2.72. The van der Waals surface area contributed by atoms with Crippen molar-refractivity contribution >= 4 is 11.6 Å². The van der Waals surface area contributed by atoms with Crippen molar-refractivity contribution in [1.82, 2.24) is 19.8 Å². The number of carbonyl (C=O) groups excluding carboxylic acids is 1. The van der Waals surface area contributed by atoms with Gasteiger partial charge in [-0.15, -0.1) is 0 Å². The van der Waals surface area contributed by atoms with Gasteiger partial charge in [0.15, 0.2) is 0 Å². The first kappa shape index (κ1) is 27.2. The fourth-order valence-electron chi connectivity index (χ4n) is 4.06. The molecule has 4 rings (SSSR count). The van der Waals surface area contributed by atoms with Gasteiger partial charge in [-0.2, -0.15) is 13.2 Å². The second kappa shape index (κ2) is 12.2. The number of piperazine rings is 1. The van der Waals surface area contributed by atoms with Gasteiger partial charge >= 0.3 is 12.1 Å². The van der Waals surface area contributed by atoms with E-state index in [0.717, 1.165) is 50.9 Å². The van der Waals surface area contributed by atoms with Crippen LogP contribution in [0.3, 0.4) is 0 Å². The number of rotatable bonds is 7. The summed E-state index contributed by atoms with van der Waals surface area (Å²) in [7, 11) is 2.11. The number of imidazole rings is 1. The van der Waals surface area contributed by atoms with E-state index in [1.165, 1.54) is 6.07 Å².